The predicted octanol–water partition coefficient (Wildman–Crippen LogP) is 7.11. The molecule has 0 amide bonds. The molecule has 0 saturated heterocycles. The van der Waals surface area contributed by atoms with Crippen molar-refractivity contribution in [2.24, 2.45) is 5.41 Å². The Hall–Kier alpha value is -1.32. The van der Waals surface area contributed by atoms with Gasteiger partial charge in [0.1, 0.15) is 0 Å². The van der Waals surface area contributed by atoms with E-state index < -0.39 is 5.41 Å². The Balaban J connectivity index is 3.35. The molecule has 0 heterocycles. The van der Waals surface area contributed by atoms with Gasteiger partial charge in [-0.2, -0.15) is 0 Å². The summed E-state index contributed by atoms with van der Waals surface area (Å²) in [7, 11) is 0. The molecule has 0 aliphatic heterocycles. The summed E-state index contributed by atoms with van der Waals surface area (Å²) in [6.45, 7) is 7.28. The van der Waals surface area contributed by atoms with E-state index in [9.17, 15) is 9.59 Å². The number of unbranched alkanes of at least 4 members (excludes halogenated alkanes) is 11. The zero-order valence-corrected chi connectivity index (χ0v) is 18.9. The normalized spacial score (nSPS) is 11.7. The maximum atomic E-state index is 11.6. The molecule has 0 radical (unpaired) electrons. The second kappa shape index (κ2) is 17.8. The Labute approximate surface area is 173 Å². The smallest absolute Gasteiger partial charge is 0.314 e. The molecule has 0 bridgehead atoms. The Morgan fingerprint density at radius 2 is 1.21 bits per heavy atom. The summed E-state index contributed by atoms with van der Waals surface area (Å²) in [5.74, 6) is -0.652. The molecule has 0 aromatic rings. The van der Waals surface area contributed by atoms with Crippen molar-refractivity contribution in [3.8, 4) is 0 Å². The molecule has 0 N–H and O–H groups in total. The van der Waals surface area contributed by atoms with Crippen LogP contribution in [0.2, 0.25) is 0 Å². The second-order valence-electron chi connectivity index (χ2n) is 8.65. The van der Waals surface area contributed by atoms with E-state index in [0.29, 0.717) is 6.42 Å². The molecule has 4 nitrogen and oxygen atoms in total. The van der Waals surface area contributed by atoms with Crippen molar-refractivity contribution in [3.63, 3.8) is 0 Å². The van der Waals surface area contributed by atoms with E-state index in [1.807, 2.05) is 0 Å². The van der Waals surface area contributed by atoms with Crippen molar-refractivity contribution in [1.82, 2.24) is 0 Å². The number of carbonyl (C=O) groups is 2. The van der Waals surface area contributed by atoms with Gasteiger partial charge in [-0.05, 0) is 52.9 Å². The maximum absolute atomic E-state index is 11.6. The first-order chi connectivity index (χ1) is 13.4. The SMILES string of the molecule is CCCCCCCC/C=C\CCCCCCCC(=O)OCOC(=O)C(C)(C)C. The van der Waals surface area contributed by atoms with E-state index >= 15 is 0 Å². The highest BCUT2D eigenvalue weighted by molar-refractivity contribution is 5.75. The topological polar surface area (TPSA) is 52.6 Å². The molecular formula is C24H44O4. The summed E-state index contributed by atoms with van der Waals surface area (Å²) in [5, 5.41) is 0. The van der Waals surface area contributed by atoms with Crippen LogP contribution in [0.4, 0.5) is 0 Å². The average molecular weight is 397 g/mol. The van der Waals surface area contributed by atoms with Crippen LogP contribution in [0.5, 0.6) is 0 Å². The van der Waals surface area contributed by atoms with Crippen LogP contribution >= 0.6 is 0 Å². The second-order valence-corrected chi connectivity index (χ2v) is 8.65. The molecule has 28 heavy (non-hydrogen) atoms. The lowest BCUT2D eigenvalue weighted by Crippen LogP contribution is -2.24. The minimum absolute atomic E-state index is 0.278. The fraction of sp³-hybridized carbons (Fsp3) is 0.833. The molecular weight excluding hydrogens is 352 g/mol. The predicted molar refractivity (Wildman–Crippen MR) is 116 cm³/mol. The van der Waals surface area contributed by atoms with Crippen molar-refractivity contribution in [2.45, 2.75) is 118 Å². The number of hydrogen-bond donors (Lipinski definition) is 0. The molecule has 4 heteroatoms. The lowest BCUT2D eigenvalue weighted by atomic mass is 9.98. The highest BCUT2D eigenvalue weighted by Gasteiger charge is 2.23. The Bertz CT molecular complexity index is 421. The molecule has 0 unspecified atom stereocenters. The Morgan fingerprint density at radius 1 is 0.714 bits per heavy atom. The fourth-order valence-corrected chi connectivity index (χ4v) is 2.78. The number of hydrogen-bond acceptors (Lipinski definition) is 4. The van der Waals surface area contributed by atoms with Crippen LogP contribution in [0.1, 0.15) is 118 Å². The van der Waals surface area contributed by atoms with Gasteiger partial charge in [0.05, 0.1) is 5.41 Å². The third-order valence-corrected chi connectivity index (χ3v) is 4.67. The first-order valence-electron chi connectivity index (χ1n) is 11.4. The third kappa shape index (κ3) is 18.1. The molecule has 0 spiro atoms. The van der Waals surface area contributed by atoms with Crippen molar-refractivity contribution in [2.75, 3.05) is 6.79 Å². The van der Waals surface area contributed by atoms with Crippen LogP contribution in [0.15, 0.2) is 12.2 Å². The van der Waals surface area contributed by atoms with E-state index in [0.717, 1.165) is 25.7 Å². The van der Waals surface area contributed by atoms with Crippen molar-refractivity contribution >= 4 is 11.9 Å². The quantitative estimate of drug-likeness (QED) is 0.114. The van der Waals surface area contributed by atoms with Gasteiger partial charge in [0.15, 0.2) is 0 Å². The molecule has 0 aromatic heterocycles. The summed E-state index contributed by atoms with van der Waals surface area (Å²) >= 11 is 0. The summed E-state index contributed by atoms with van der Waals surface area (Å²) in [6, 6.07) is 0. The molecule has 0 rings (SSSR count). The molecule has 0 aromatic carbocycles. The number of ether oxygens (including phenoxy) is 2. The molecule has 164 valence electrons. The van der Waals surface area contributed by atoms with Crippen molar-refractivity contribution in [1.29, 1.82) is 0 Å². The fourth-order valence-electron chi connectivity index (χ4n) is 2.78. The van der Waals surface area contributed by atoms with Crippen molar-refractivity contribution in [3.05, 3.63) is 12.2 Å². The lowest BCUT2D eigenvalue weighted by molar-refractivity contribution is -0.173. The minimum atomic E-state index is -0.574. The molecule has 0 atom stereocenters. The Morgan fingerprint density at radius 3 is 1.75 bits per heavy atom. The molecule has 0 fully saturated rings. The van der Waals surface area contributed by atoms with E-state index in [1.165, 1.54) is 57.8 Å². The zero-order valence-electron chi connectivity index (χ0n) is 18.9. The zero-order chi connectivity index (χ0) is 21.1. The van der Waals surface area contributed by atoms with Crippen LogP contribution in [0.25, 0.3) is 0 Å². The number of rotatable bonds is 17. The number of allylic oxidation sites excluding steroid dienone is 2. The van der Waals surface area contributed by atoms with Crippen LogP contribution in [-0.2, 0) is 19.1 Å². The molecule has 0 aliphatic rings. The van der Waals surface area contributed by atoms with Gasteiger partial charge in [0.2, 0.25) is 6.79 Å². The number of esters is 2. The molecule has 0 saturated carbocycles. The van der Waals surface area contributed by atoms with E-state index in [4.69, 9.17) is 9.47 Å². The van der Waals surface area contributed by atoms with Gasteiger partial charge in [-0.25, -0.2) is 0 Å². The summed E-state index contributed by atoms with van der Waals surface area (Å²) < 4.78 is 9.85. The minimum Gasteiger partial charge on any atom is -0.428 e. The number of carbonyl (C=O) groups excluding carboxylic acids is 2. The lowest BCUT2D eigenvalue weighted by Gasteiger charge is -2.16. The first-order valence-corrected chi connectivity index (χ1v) is 11.4. The highest BCUT2D eigenvalue weighted by Crippen LogP contribution is 2.15. The van der Waals surface area contributed by atoms with Gasteiger partial charge in [0.25, 0.3) is 0 Å². The third-order valence-electron chi connectivity index (χ3n) is 4.67. The van der Waals surface area contributed by atoms with Crippen LogP contribution in [0.3, 0.4) is 0 Å². The van der Waals surface area contributed by atoms with Crippen LogP contribution < -0.4 is 0 Å². The monoisotopic (exact) mass is 396 g/mol. The average Bonchev–Trinajstić information content (AvgIpc) is 2.64. The van der Waals surface area contributed by atoms with Gasteiger partial charge >= 0.3 is 11.9 Å². The van der Waals surface area contributed by atoms with Gasteiger partial charge in [-0.3, -0.25) is 9.59 Å². The largest absolute Gasteiger partial charge is 0.428 e. The van der Waals surface area contributed by atoms with Crippen molar-refractivity contribution < 1.29 is 19.1 Å². The van der Waals surface area contributed by atoms with E-state index in [2.05, 4.69) is 19.1 Å². The van der Waals surface area contributed by atoms with Gasteiger partial charge in [0, 0.05) is 6.42 Å². The van der Waals surface area contributed by atoms with E-state index in [-0.39, 0.29) is 18.7 Å². The highest BCUT2D eigenvalue weighted by atomic mass is 16.7. The summed E-state index contributed by atoms with van der Waals surface area (Å²) in [6.07, 6.45) is 21.1. The van der Waals surface area contributed by atoms with Crippen LogP contribution in [-0.4, -0.2) is 18.7 Å². The van der Waals surface area contributed by atoms with E-state index in [1.54, 1.807) is 20.8 Å². The maximum Gasteiger partial charge on any atom is 0.314 e. The summed E-state index contributed by atoms with van der Waals surface area (Å²) in [4.78, 5) is 23.1. The van der Waals surface area contributed by atoms with Crippen LogP contribution in [0, 0.1) is 5.41 Å². The van der Waals surface area contributed by atoms with Gasteiger partial charge in [-0.15, -0.1) is 0 Å². The standard InChI is InChI=1S/C24H44O4/c1-5-6-7-8-9-10-11-12-13-14-15-16-17-18-19-20-22(25)27-21-28-23(26)24(2,3)4/h12-13H,5-11,14-21H2,1-4H3/b13-12-. The first kappa shape index (κ1) is 26.7. The Kier molecular flexibility index (Phi) is 16.9. The molecule has 0 aliphatic carbocycles. The van der Waals surface area contributed by atoms with Gasteiger partial charge < -0.3 is 9.47 Å². The summed E-state index contributed by atoms with van der Waals surface area (Å²) in [5.41, 5.74) is -0.574. The van der Waals surface area contributed by atoms with Gasteiger partial charge in [-0.1, -0.05) is 70.4 Å².